The molecule has 6 rings (SSSR count). The Balaban J connectivity index is 1.09. The number of nitrogens with zero attached hydrogens (tertiary/aromatic N) is 3. The second kappa shape index (κ2) is 12.7. The van der Waals surface area contributed by atoms with Crippen molar-refractivity contribution in [2.75, 3.05) is 30.9 Å². The smallest absolute Gasteiger partial charge is 0.228 e. The van der Waals surface area contributed by atoms with Crippen LogP contribution in [0.2, 0.25) is 0 Å². The predicted molar refractivity (Wildman–Crippen MR) is 173 cm³/mol. The van der Waals surface area contributed by atoms with E-state index in [-0.39, 0.29) is 24.2 Å². The van der Waals surface area contributed by atoms with Gasteiger partial charge in [-0.05, 0) is 55.4 Å². The molecule has 1 saturated carbocycles. The Bertz CT molecular complexity index is 1720. The van der Waals surface area contributed by atoms with Gasteiger partial charge in [-0.3, -0.25) is 9.59 Å². The Kier molecular flexibility index (Phi) is 8.36. The highest BCUT2D eigenvalue weighted by atomic mass is 16.2. The van der Waals surface area contributed by atoms with Crippen LogP contribution in [0.4, 0.5) is 11.8 Å². The van der Waals surface area contributed by atoms with Gasteiger partial charge >= 0.3 is 0 Å². The molecule has 0 radical (unpaired) electrons. The summed E-state index contributed by atoms with van der Waals surface area (Å²) in [6.07, 6.45) is 5.94. The van der Waals surface area contributed by atoms with Crippen LogP contribution in [0.5, 0.6) is 0 Å². The summed E-state index contributed by atoms with van der Waals surface area (Å²) in [5.74, 6) is 1.23. The Hall–Kier alpha value is -4.72. The van der Waals surface area contributed by atoms with E-state index in [2.05, 4.69) is 21.7 Å². The number of amides is 1. The van der Waals surface area contributed by atoms with E-state index in [1.165, 1.54) is 0 Å². The van der Waals surface area contributed by atoms with Crippen molar-refractivity contribution in [3.63, 3.8) is 0 Å². The van der Waals surface area contributed by atoms with Gasteiger partial charge in [-0.15, -0.1) is 0 Å². The zero-order valence-electron chi connectivity index (χ0n) is 24.7. The number of para-hydroxylation sites is 2. The first-order valence-corrected chi connectivity index (χ1v) is 15.1. The third-order valence-corrected chi connectivity index (χ3v) is 8.55. The lowest BCUT2D eigenvalue weighted by Crippen LogP contribution is -2.37. The molecule has 2 aromatic heterocycles. The first kappa shape index (κ1) is 28.4. The fourth-order valence-electron chi connectivity index (χ4n) is 6.18. The molecule has 1 fully saturated rings. The van der Waals surface area contributed by atoms with Gasteiger partial charge in [-0.1, -0.05) is 60.7 Å². The zero-order chi connectivity index (χ0) is 29.8. The average Bonchev–Trinajstić information content (AvgIpc) is 3.47. The lowest BCUT2D eigenvalue weighted by Gasteiger charge is -2.30. The molecule has 2 heterocycles. The quantitative estimate of drug-likeness (QED) is 0.169. The molecule has 3 aromatic carbocycles. The first-order valence-electron chi connectivity index (χ1n) is 15.1. The number of hydrogen-bond donors (Lipinski definition) is 3. The number of benzene rings is 3. The molecule has 8 heteroatoms. The van der Waals surface area contributed by atoms with Crippen molar-refractivity contribution < 1.29 is 9.59 Å². The summed E-state index contributed by atoms with van der Waals surface area (Å²) >= 11 is 0. The molecule has 1 aliphatic carbocycles. The molecule has 220 valence electrons. The van der Waals surface area contributed by atoms with E-state index in [1.807, 2.05) is 98.0 Å². The average molecular weight is 575 g/mol. The second-order valence-corrected chi connectivity index (χ2v) is 11.7. The maximum absolute atomic E-state index is 13.7. The number of anilines is 2. The highest BCUT2D eigenvalue weighted by Crippen LogP contribution is 2.31. The number of carbonyl (C=O) groups excluding carboxylic acids is 2. The Labute approximate surface area is 251 Å². The third kappa shape index (κ3) is 6.38. The minimum Gasteiger partial charge on any atom is -0.362 e. The summed E-state index contributed by atoms with van der Waals surface area (Å²) in [5.41, 5.74) is 3.37. The van der Waals surface area contributed by atoms with Crippen molar-refractivity contribution >= 4 is 45.3 Å². The van der Waals surface area contributed by atoms with Crippen molar-refractivity contribution in [2.24, 2.45) is 5.92 Å². The van der Waals surface area contributed by atoms with Gasteiger partial charge in [-0.25, -0.2) is 4.98 Å². The number of nitrogens with one attached hydrogen (secondary N) is 3. The molecule has 1 atom stereocenters. The molecule has 1 unspecified atom stereocenters. The molecule has 43 heavy (non-hydrogen) atoms. The van der Waals surface area contributed by atoms with Crippen LogP contribution < -0.4 is 15.5 Å². The number of H-pyrrole nitrogens is 1. The highest BCUT2D eigenvalue weighted by Gasteiger charge is 2.28. The van der Waals surface area contributed by atoms with Crippen molar-refractivity contribution in [2.45, 2.75) is 44.1 Å². The van der Waals surface area contributed by atoms with Gasteiger partial charge in [-0.2, -0.15) is 4.98 Å². The van der Waals surface area contributed by atoms with Crippen molar-refractivity contribution in [1.82, 2.24) is 20.3 Å². The van der Waals surface area contributed by atoms with Crippen molar-refractivity contribution in [1.29, 1.82) is 0 Å². The maximum Gasteiger partial charge on any atom is 0.228 e. The zero-order valence-corrected chi connectivity index (χ0v) is 24.7. The van der Waals surface area contributed by atoms with E-state index in [0.717, 1.165) is 58.9 Å². The van der Waals surface area contributed by atoms with Gasteiger partial charge in [0.15, 0.2) is 5.78 Å². The summed E-state index contributed by atoms with van der Waals surface area (Å²) in [5, 5.41) is 8.79. The van der Waals surface area contributed by atoms with E-state index in [1.54, 1.807) is 0 Å². The first-order chi connectivity index (χ1) is 21.0. The third-order valence-electron chi connectivity index (χ3n) is 8.55. The number of fused-ring (bicyclic) bond motifs is 2. The minimum absolute atomic E-state index is 0.0362. The second-order valence-electron chi connectivity index (χ2n) is 11.7. The Morgan fingerprint density at radius 1 is 0.884 bits per heavy atom. The molecular weight excluding hydrogens is 536 g/mol. The van der Waals surface area contributed by atoms with Gasteiger partial charge in [0.25, 0.3) is 0 Å². The Morgan fingerprint density at radius 2 is 1.58 bits per heavy atom. The number of rotatable bonds is 10. The van der Waals surface area contributed by atoms with E-state index in [4.69, 9.17) is 9.97 Å². The van der Waals surface area contributed by atoms with Crippen LogP contribution in [0.25, 0.3) is 21.8 Å². The summed E-state index contributed by atoms with van der Waals surface area (Å²) in [7, 11) is 4.00. The maximum atomic E-state index is 13.7. The van der Waals surface area contributed by atoms with E-state index in [0.29, 0.717) is 24.0 Å². The van der Waals surface area contributed by atoms with Crippen LogP contribution >= 0.6 is 0 Å². The molecule has 8 nitrogen and oxygen atoms in total. The fourth-order valence-corrected chi connectivity index (χ4v) is 6.18. The molecule has 1 aliphatic rings. The van der Waals surface area contributed by atoms with Crippen LogP contribution in [-0.2, 0) is 4.79 Å². The summed E-state index contributed by atoms with van der Waals surface area (Å²) in [6, 6.07) is 25.5. The monoisotopic (exact) mass is 574 g/mol. The molecule has 0 bridgehead atoms. The molecule has 0 saturated heterocycles. The Morgan fingerprint density at radius 3 is 2.35 bits per heavy atom. The number of carbonyl (C=O) groups is 2. The minimum atomic E-state index is -0.571. The molecule has 5 aromatic rings. The van der Waals surface area contributed by atoms with Crippen LogP contribution in [-0.4, -0.2) is 53.3 Å². The van der Waals surface area contributed by atoms with Gasteiger partial charge in [0.05, 0.1) is 11.4 Å². The molecule has 0 aliphatic heterocycles. The normalized spacial score (nSPS) is 17.4. The van der Waals surface area contributed by atoms with Crippen LogP contribution in [0.1, 0.15) is 53.9 Å². The summed E-state index contributed by atoms with van der Waals surface area (Å²) < 4.78 is 0. The summed E-state index contributed by atoms with van der Waals surface area (Å²) in [6.45, 7) is 0.598. The standard InChI is InChI=1S/C35H38N6O2/c1-41(2)33-27-13-7-9-15-31(27)39-35(40-33)38-25-18-16-23(17-19-25)21-37-34(43)28(20-32(42)24-10-4-3-5-11-24)29-22-36-30-14-8-6-12-26(29)30/h3-15,22-23,25,28,36H,16-21H2,1-2H3,(H,37,43)(H,38,39,40). The van der Waals surface area contributed by atoms with Gasteiger partial charge < -0.3 is 20.5 Å². The highest BCUT2D eigenvalue weighted by molar-refractivity contribution is 6.01. The number of hydrogen-bond acceptors (Lipinski definition) is 6. The van der Waals surface area contributed by atoms with Crippen molar-refractivity contribution in [3.8, 4) is 0 Å². The molecule has 1 amide bonds. The number of aromatic amines is 1. The molecule has 3 N–H and O–H groups in total. The predicted octanol–water partition coefficient (Wildman–Crippen LogP) is 6.32. The van der Waals surface area contributed by atoms with Crippen LogP contribution in [0.15, 0.2) is 85.1 Å². The van der Waals surface area contributed by atoms with E-state index < -0.39 is 5.92 Å². The van der Waals surface area contributed by atoms with E-state index in [9.17, 15) is 9.59 Å². The van der Waals surface area contributed by atoms with Crippen molar-refractivity contribution in [3.05, 3.63) is 96.2 Å². The lowest BCUT2D eigenvalue weighted by molar-refractivity contribution is -0.122. The SMILES string of the molecule is CN(C)c1nc(NC2CCC(CNC(=O)C(CC(=O)c3ccccc3)c3c[nH]c4ccccc34)CC2)nc2ccccc12. The largest absolute Gasteiger partial charge is 0.362 e. The number of ketones is 1. The number of Topliss-reactive ketones (excluding diaryl/α,β-unsaturated/α-hetero) is 1. The van der Waals surface area contributed by atoms with Crippen LogP contribution in [0, 0.1) is 5.92 Å². The molecular formula is C35H38N6O2. The van der Waals surface area contributed by atoms with Gasteiger partial charge in [0.2, 0.25) is 11.9 Å². The fraction of sp³-hybridized carbons (Fsp3) is 0.314. The van der Waals surface area contributed by atoms with Gasteiger partial charge in [0, 0.05) is 61.2 Å². The summed E-state index contributed by atoms with van der Waals surface area (Å²) in [4.78, 5) is 41.7. The van der Waals surface area contributed by atoms with Crippen LogP contribution in [0.3, 0.4) is 0 Å². The van der Waals surface area contributed by atoms with E-state index >= 15 is 0 Å². The molecule has 0 spiro atoms. The topological polar surface area (TPSA) is 103 Å². The lowest BCUT2D eigenvalue weighted by atomic mass is 9.85. The number of aromatic nitrogens is 3. The van der Waals surface area contributed by atoms with Gasteiger partial charge in [0.1, 0.15) is 5.82 Å².